The number of nitrogens with zero attached hydrogens (tertiary/aromatic N) is 1. The van der Waals surface area contributed by atoms with Gasteiger partial charge < -0.3 is 9.84 Å². The van der Waals surface area contributed by atoms with Gasteiger partial charge in [0, 0.05) is 11.0 Å². The van der Waals surface area contributed by atoms with Crippen molar-refractivity contribution in [3.63, 3.8) is 0 Å². The van der Waals surface area contributed by atoms with Crippen molar-refractivity contribution < 1.29 is 4.52 Å². The van der Waals surface area contributed by atoms with Crippen molar-refractivity contribution in [3.8, 4) is 0 Å². The molecule has 1 aliphatic carbocycles. The molecule has 3 rings (SSSR count). The number of hydrogen-bond donors (Lipinski definition) is 1. The van der Waals surface area contributed by atoms with Gasteiger partial charge in [-0.15, -0.1) is 0 Å². The van der Waals surface area contributed by atoms with Gasteiger partial charge >= 0.3 is 0 Å². The minimum atomic E-state index is 0.164. The Morgan fingerprint density at radius 2 is 2.18 bits per heavy atom. The van der Waals surface area contributed by atoms with E-state index in [0.29, 0.717) is 0 Å². The smallest absolute Gasteiger partial charge is 0.145 e. The minimum Gasteiger partial charge on any atom is -0.361 e. The SMILES string of the molecule is CC.CC1(C)c2oncc2CC2CNCCC21. The Morgan fingerprint density at radius 1 is 1.41 bits per heavy atom. The van der Waals surface area contributed by atoms with Crippen LogP contribution in [0.15, 0.2) is 10.7 Å². The van der Waals surface area contributed by atoms with E-state index >= 15 is 0 Å². The number of aromatic nitrogens is 1. The first-order chi connectivity index (χ1) is 8.19. The predicted molar refractivity (Wildman–Crippen MR) is 69.0 cm³/mol. The molecule has 1 aromatic heterocycles. The maximum atomic E-state index is 5.45. The molecule has 2 heterocycles. The quantitative estimate of drug-likeness (QED) is 0.752. The zero-order valence-corrected chi connectivity index (χ0v) is 11.4. The van der Waals surface area contributed by atoms with Crippen LogP contribution in [-0.2, 0) is 11.8 Å². The first-order valence-electron chi connectivity index (χ1n) is 6.84. The van der Waals surface area contributed by atoms with Crippen molar-refractivity contribution in [1.29, 1.82) is 0 Å². The summed E-state index contributed by atoms with van der Waals surface area (Å²) in [6, 6.07) is 0. The van der Waals surface area contributed by atoms with Gasteiger partial charge in [0.15, 0.2) is 0 Å². The molecule has 0 saturated carbocycles. The Labute approximate surface area is 104 Å². The van der Waals surface area contributed by atoms with Crippen LogP contribution in [0.25, 0.3) is 0 Å². The second-order valence-corrected chi connectivity index (χ2v) is 5.47. The minimum absolute atomic E-state index is 0.164. The van der Waals surface area contributed by atoms with Crippen LogP contribution in [-0.4, -0.2) is 18.2 Å². The second-order valence-electron chi connectivity index (χ2n) is 5.47. The fraction of sp³-hybridized carbons (Fsp3) is 0.786. The van der Waals surface area contributed by atoms with Crippen LogP contribution in [0.2, 0.25) is 0 Å². The van der Waals surface area contributed by atoms with E-state index in [1.165, 1.54) is 12.0 Å². The van der Waals surface area contributed by atoms with E-state index in [4.69, 9.17) is 4.52 Å². The molecule has 0 aromatic carbocycles. The van der Waals surface area contributed by atoms with Crippen molar-refractivity contribution in [2.24, 2.45) is 11.8 Å². The van der Waals surface area contributed by atoms with Gasteiger partial charge in [-0.25, -0.2) is 0 Å². The van der Waals surface area contributed by atoms with Crippen LogP contribution in [0.3, 0.4) is 0 Å². The molecule has 0 spiro atoms. The summed E-state index contributed by atoms with van der Waals surface area (Å²) in [5.41, 5.74) is 1.49. The summed E-state index contributed by atoms with van der Waals surface area (Å²) in [6.45, 7) is 10.9. The normalized spacial score (nSPS) is 29.6. The summed E-state index contributed by atoms with van der Waals surface area (Å²) in [4.78, 5) is 0. The molecule has 3 heteroatoms. The largest absolute Gasteiger partial charge is 0.361 e. The van der Waals surface area contributed by atoms with Crippen molar-refractivity contribution >= 4 is 0 Å². The maximum absolute atomic E-state index is 5.45. The molecule has 2 atom stereocenters. The Balaban J connectivity index is 0.000000514. The predicted octanol–water partition coefficient (Wildman–Crippen LogP) is 2.76. The average molecular weight is 236 g/mol. The third-order valence-corrected chi connectivity index (χ3v) is 4.25. The number of nitrogens with one attached hydrogen (secondary N) is 1. The molecule has 2 aliphatic rings. The molecule has 96 valence electrons. The zero-order chi connectivity index (χ0) is 12.5. The molecular weight excluding hydrogens is 212 g/mol. The highest BCUT2D eigenvalue weighted by Crippen LogP contribution is 2.46. The van der Waals surface area contributed by atoms with Crippen molar-refractivity contribution in [2.75, 3.05) is 13.1 Å². The molecule has 2 unspecified atom stereocenters. The van der Waals surface area contributed by atoms with E-state index in [0.717, 1.165) is 37.1 Å². The number of fused-ring (bicyclic) bond motifs is 2. The Morgan fingerprint density at radius 3 is 2.94 bits per heavy atom. The van der Waals surface area contributed by atoms with Gasteiger partial charge in [0.05, 0.1) is 6.20 Å². The molecule has 1 aliphatic heterocycles. The summed E-state index contributed by atoms with van der Waals surface area (Å²) >= 11 is 0. The lowest BCUT2D eigenvalue weighted by atomic mass is 9.61. The first-order valence-corrected chi connectivity index (χ1v) is 6.84. The van der Waals surface area contributed by atoms with E-state index < -0.39 is 0 Å². The van der Waals surface area contributed by atoms with E-state index in [2.05, 4.69) is 24.3 Å². The van der Waals surface area contributed by atoms with Crippen LogP contribution in [0.1, 0.15) is 45.4 Å². The highest BCUT2D eigenvalue weighted by atomic mass is 16.5. The monoisotopic (exact) mass is 236 g/mol. The van der Waals surface area contributed by atoms with Gasteiger partial charge in [-0.05, 0) is 37.8 Å². The topological polar surface area (TPSA) is 38.1 Å². The highest BCUT2D eigenvalue weighted by Gasteiger charge is 2.45. The van der Waals surface area contributed by atoms with Crippen LogP contribution >= 0.6 is 0 Å². The fourth-order valence-electron chi connectivity index (χ4n) is 3.48. The molecule has 1 aromatic rings. The summed E-state index contributed by atoms with van der Waals surface area (Å²) < 4.78 is 5.45. The van der Waals surface area contributed by atoms with Gasteiger partial charge in [-0.2, -0.15) is 0 Å². The van der Waals surface area contributed by atoms with Crippen molar-refractivity contribution in [2.45, 2.75) is 46.0 Å². The lowest BCUT2D eigenvalue weighted by molar-refractivity contribution is 0.118. The van der Waals surface area contributed by atoms with Crippen LogP contribution < -0.4 is 5.32 Å². The Hall–Kier alpha value is -0.830. The van der Waals surface area contributed by atoms with E-state index in [9.17, 15) is 0 Å². The van der Waals surface area contributed by atoms with Gasteiger partial charge in [0.1, 0.15) is 5.76 Å². The molecule has 0 amide bonds. The fourth-order valence-corrected chi connectivity index (χ4v) is 3.48. The summed E-state index contributed by atoms with van der Waals surface area (Å²) in [7, 11) is 0. The summed E-state index contributed by atoms with van der Waals surface area (Å²) in [5, 5.41) is 7.46. The van der Waals surface area contributed by atoms with Crippen molar-refractivity contribution in [3.05, 3.63) is 17.5 Å². The molecule has 17 heavy (non-hydrogen) atoms. The highest BCUT2D eigenvalue weighted by molar-refractivity contribution is 5.28. The first kappa shape index (κ1) is 12.6. The van der Waals surface area contributed by atoms with Gasteiger partial charge in [0.2, 0.25) is 0 Å². The van der Waals surface area contributed by atoms with E-state index in [1.807, 2.05) is 20.0 Å². The van der Waals surface area contributed by atoms with Crippen LogP contribution in [0.5, 0.6) is 0 Å². The lowest BCUT2D eigenvalue weighted by Crippen LogP contribution is -2.48. The Bertz CT molecular complexity index is 370. The second kappa shape index (κ2) is 4.81. The van der Waals surface area contributed by atoms with Crippen LogP contribution in [0.4, 0.5) is 0 Å². The lowest BCUT2D eigenvalue weighted by Gasteiger charge is -2.45. The molecule has 3 nitrogen and oxygen atoms in total. The standard InChI is InChI=1S/C12H18N2O.C2H6/c1-12(2)10-3-4-13-6-8(10)5-9-7-14-15-11(9)12;1-2/h7-8,10,13H,3-6H2,1-2H3;1-2H3. The molecular formula is C14H24N2O. The average Bonchev–Trinajstić information content (AvgIpc) is 2.81. The van der Waals surface area contributed by atoms with Gasteiger partial charge in [-0.3, -0.25) is 0 Å². The van der Waals surface area contributed by atoms with E-state index in [-0.39, 0.29) is 5.41 Å². The van der Waals surface area contributed by atoms with Gasteiger partial charge in [0.25, 0.3) is 0 Å². The molecule has 0 radical (unpaired) electrons. The molecule has 1 fully saturated rings. The summed E-state index contributed by atoms with van der Waals surface area (Å²) in [5.74, 6) is 2.64. The van der Waals surface area contributed by atoms with E-state index in [1.54, 1.807) is 0 Å². The number of hydrogen-bond acceptors (Lipinski definition) is 3. The Kier molecular flexibility index (Phi) is 3.57. The third kappa shape index (κ3) is 2.01. The maximum Gasteiger partial charge on any atom is 0.145 e. The third-order valence-electron chi connectivity index (χ3n) is 4.25. The molecule has 1 N–H and O–H groups in total. The van der Waals surface area contributed by atoms with Crippen molar-refractivity contribution in [1.82, 2.24) is 10.5 Å². The summed E-state index contributed by atoms with van der Waals surface area (Å²) in [6.07, 6.45) is 4.31. The number of rotatable bonds is 0. The molecule has 0 bridgehead atoms. The van der Waals surface area contributed by atoms with Gasteiger partial charge in [-0.1, -0.05) is 32.9 Å². The number of piperidine rings is 1. The van der Waals surface area contributed by atoms with Crippen LogP contribution in [0, 0.1) is 11.8 Å². The molecule has 1 saturated heterocycles. The zero-order valence-electron chi connectivity index (χ0n) is 11.4.